The van der Waals surface area contributed by atoms with Crippen LogP contribution in [-0.2, 0) is 9.53 Å². The molecule has 11 heteroatoms. The number of nitrogens with zero attached hydrogens (tertiary/aromatic N) is 5. The number of aromatic nitrogens is 2. The number of nitrogens with one attached hydrogen (secondary N) is 2. The van der Waals surface area contributed by atoms with Gasteiger partial charge in [0.1, 0.15) is 11.9 Å². The van der Waals surface area contributed by atoms with Gasteiger partial charge in [0.05, 0.1) is 6.61 Å². The number of piperidine rings is 2. The van der Waals surface area contributed by atoms with Crippen molar-refractivity contribution in [1.29, 1.82) is 0 Å². The molecule has 2 atom stereocenters. The Morgan fingerprint density at radius 1 is 1.08 bits per heavy atom. The largest absolute Gasteiger partial charge is 0.464 e. The Labute approximate surface area is 238 Å². The molecule has 3 aliphatic rings. The van der Waals surface area contributed by atoms with Crippen molar-refractivity contribution in [2.45, 2.75) is 82.8 Å². The van der Waals surface area contributed by atoms with Crippen molar-refractivity contribution in [3.8, 4) is 0 Å². The lowest BCUT2D eigenvalue weighted by atomic mass is 9.98. The van der Waals surface area contributed by atoms with E-state index in [1.54, 1.807) is 18.7 Å². The van der Waals surface area contributed by atoms with Gasteiger partial charge in [-0.25, -0.2) is 14.6 Å². The van der Waals surface area contributed by atoms with Crippen LogP contribution >= 0.6 is 11.8 Å². The second kappa shape index (κ2) is 15.5. The van der Waals surface area contributed by atoms with Gasteiger partial charge in [-0.3, -0.25) is 4.90 Å². The molecule has 3 aliphatic heterocycles. The van der Waals surface area contributed by atoms with Crippen LogP contribution in [0.25, 0.3) is 0 Å². The van der Waals surface area contributed by atoms with Crippen molar-refractivity contribution in [3.63, 3.8) is 0 Å². The van der Waals surface area contributed by atoms with Gasteiger partial charge in [-0.15, -0.1) is 0 Å². The van der Waals surface area contributed by atoms with E-state index in [4.69, 9.17) is 9.72 Å². The van der Waals surface area contributed by atoms with Crippen LogP contribution in [0, 0.1) is 0 Å². The quantitative estimate of drug-likeness (QED) is 0.415. The number of anilines is 2. The standard InChI is InChI=1S/C28H47N7O3S/c1-3-38-26(36)24(13-20-39-2)31-28(37)34-18-11-23(12-19-34)35-17-8-9-22(21-35)30-27-29-14-10-25(32-27)33-15-6-4-5-7-16-33/h10,14,22-24H,3-9,11-13,15-21H2,1-2H3,(H,31,37)(H,29,30,32). The van der Waals surface area contributed by atoms with Crippen molar-refractivity contribution in [2.75, 3.05) is 68.1 Å². The summed E-state index contributed by atoms with van der Waals surface area (Å²) in [5, 5.41) is 6.55. The Bertz CT molecular complexity index is 907. The molecule has 39 heavy (non-hydrogen) atoms. The third-order valence-corrected chi connectivity index (χ3v) is 8.75. The van der Waals surface area contributed by atoms with E-state index < -0.39 is 6.04 Å². The van der Waals surface area contributed by atoms with Crippen molar-refractivity contribution < 1.29 is 14.3 Å². The number of ether oxygens (including phenoxy) is 1. The molecule has 0 spiro atoms. The van der Waals surface area contributed by atoms with Gasteiger partial charge in [0, 0.05) is 51.0 Å². The monoisotopic (exact) mass is 561 g/mol. The summed E-state index contributed by atoms with van der Waals surface area (Å²) in [6.45, 7) is 7.71. The molecular weight excluding hydrogens is 514 g/mol. The average molecular weight is 562 g/mol. The van der Waals surface area contributed by atoms with Gasteiger partial charge in [0.15, 0.2) is 0 Å². The molecule has 0 saturated carbocycles. The lowest BCUT2D eigenvalue weighted by molar-refractivity contribution is -0.145. The summed E-state index contributed by atoms with van der Waals surface area (Å²) in [6.07, 6.45) is 13.7. The van der Waals surface area contributed by atoms with E-state index in [0.717, 1.165) is 69.4 Å². The molecule has 2 N–H and O–H groups in total. The van der Waals surface area contributed by atoms with Crippen LogP contribution < -0.4 is 15.5 Å². The summed E-state index contributed by atoms with van der Waals surface area (Å²) < 4.78 is 5.18. The molecule has 4 heterocycles. The van der Waals surface area contributed by atoms with Crippen LogP contribution in [-0.4, -0.2) is 108 Å². The van der Waals surface area contributed by atoms with Crippen LogP contribution in [0.4, 0.5) is 16.6 Å². The number of likely N-dealkylation sites (tertiary alicyclic amines) is 2. The topological polar surface area (TPSA) is 103 Å². The smallest absolute Gasteiger partial charge is 0.328 e. The van der Waals surface area contributed by atoms with E-state index in [2.05, 4.69) is 25.4 Å². The molecule has 1 aromatic heterocycles. The SMILES string of the molecule is CCOC(=O)C(CCSC)NC(=O)N1CCC(N2CCCC(Nc3nccc(N4CCCCCC4)n3)C2)CC1. The second-order valence-electron chi connectivity index (χ2n) is 10.9. The van der Waals surface area contributed by atoms with E-state index in [-0.39, 0.29) is 12.0 Å². The lowest BCUT2D eigenvalue weighted by Crippen LogP contribution is -2.55. The maximum atomic E-state index is 12.9. The maximum Gasteiger partial charge on any atom is 0.328 e. The van der Waals surface area contributed by atoms with Crippen LogP contribution in [0.15, 0.2) is 12.3 Å². The fourth-order valence-corrected chi connectivity index (χ4v) is 6.41. The minimum Gasteiger partial charge on any atom is -0.464 e. The van der Waals surface area contributed by atoms with Crippen molar-refractivity contribution in [2.24, 2.45) is 0 Å². The predicted molar refractivity (Wildman–Crippen MR) is 157 cm³/mol. The molecular formula is C28H47N7O3S. The molecule has 0 bridgehead atoms. The maximum absolute atomic E-state index is 12.9. The third kappa shape index (κ3) is 8.86. The molecule has 2 unspecified atom stereocenters. The van der Waals surface area contributed by atoms with E-state index in [1.807, 2.05) is 23.4 Å². The number of hydrogen-bond acceptors (Lipinski definition) is 9. The number of rotatable bonds is 10. The Balaban J connectivity index is 1.25. The van der Waals surface area contributed by atoms with Crippen molar-refractivity contribution in [1.82, 2.24) is 25.1 Å². The van der Waals surface area contributed by atoms with Gasteiger partial charge < -0.3 is 25.2 Å². The average Bonchev–Trinajstić information content (AvgIpc) is 3.25. The molecule has 3 fully saturated rings. The summed E-state index contributed by atoms with van der Waals surface area (Å²) in [5.41, 5.74) is 0. The third-order valence-electron chi connectivity index (χ3n) is 8.10. The molecule has 2 amide bonds. The van der Waals surface area contributed by atoms with Gasteiger partial charge in [-0.05, 0) is 76.5 Å². The van der Waals surface area contributed by atoms with Crippen molar-refractivity contribution in [3.05, 3.63) is 12.3 Å². The summed E-state index contributed by atoms with van der Waals surface area (Å²) in [5.74, 6) is 2.21. The van der Waals surface area contributed by atoms with Crippen LogP contribution in [0.1, 0.15) is 64.7 Å². The van der Waals surface area contributed by atoms with E-state index in [0.29, 0.717) is 38.2 Å². The van der Waals surface area contributed by atoms with Gasteiger partial charge in [-0.1, -0.05) is 12.8 Å². The number of urea groups is 1. The first-order valence-corrected chi connectivity index (χ1v) is 16.3. The lowest BCUT2D eigenvalue weighted by Gasteiger charge is -2.42. The fraction of sp³-hybridized carbons (Fsp3) is 0.786. The highest BCUT2D eigenvalue weighted by Crippen LogP contribution is 2.24. The summed E-state index contributed by atoms with van der Waals surface area (Å²) >= 11 is 1.66. The molecule has 0 aliphatic carbocycles. The Morgan fingerprint density at radius 2 is 1.85 bits per heavy atom. The molecule has 3 saturated heterocycles. The Kier molecular flexibility index (Phi) is 11.8. The van der Waals surface area contributed by atoms with Gasteiger partial charge >= 0.3 is 12.0 Å². The van der Waals surface area contributed by atoms with Gasteiger partial charge in [0.25, 0.3) is 0 Å². The Morgan fingerprint density at radius 3 is 2.56 bits per heavy atom. The van der Waals surface area contributed by atoms with Crippen LogP contribution in [0.5, 0.6) is 0 Å². The minimum absolute atomic E-state index is 0.160. The van der Waals surface area contributed by atoms with E-state index in [1.165, 1.54) is 25.7 Å². The van der Waals surface area contributed by atoms with Crippen LogP contribution in [0.3, 0.4) is 0 Å². The zero-order chi connectivity index (χ0) is 27.5. The summed E-state index contributed by atoms with van der Waals surface area (Å²) in [6, 6.07) is 2.07. The highest BCUT2D eigenvalue weighted by molar-refractivity contribution is 7.98. The highest BCUT2D eigenvalue weighted by atomic mass is 32.2. The molecule has 10 nitrogen and oxygen atoms in total. The van der Waals surface area contributed by atoms with E-state index >= 15 is 0 Å². The fourth-order valence-electron chi connectivity index (χ4n) is 5.94. The second-order valence-corrected chi connectivity index (χ2v) is 11.9. The number of thioether (sulfide) groups is 1. The minimum atomic E-state index is -0.586. The van der Waals surface area contributed by atoms with E-state index in [9.17, 15) is 9.59 Å². The first kappa shape index (κ1) is 29.7. The zero-order valence-electron chi connectivity index (χ0n) is 23.8. The predicted octanol–water partition coefficient (Wildman–Crippen LogP) is 3.59. The molecule has 218 valence electrons. The number of carbonyl (C=O) groups excluding carboxylic acids is 2. The van der Waals surface area contributed by atoms with Crippen LogP contribution in [0.2, 0.25) is 0 Å². The molecule has 4 rings (SSSR count). The number of amides is 2. The highest BCUT2D eigenvalue weighted by Gasteiger charge is 2.32. The number of carbonyl (C=O) groups is 2. The number of hydrogen-bond donors (Lipinski definition) is 2. The molecule has 0 aromatic carbocycles. The van der Waals surface area contributed by atoms with Gasteiger partial charge in [-0.2, -0.15) is 16.7 Å². The summed E-state index contributed by atoms with van der Waals surface area (Å²) in [4.78, 5) is 41.5. The van der Waals surface area contributed by atoms with Gasteiger partial charge in [0.2, 0.25) is 5.95 Å². The summed E-state index contributed by atoms with van der Waals surface area (Å²) in [7, 11) is 0. The molecule has 1 aromatic rings. The first-order valence-electron chi connectivity index (χ1n) is 14.9. The first-order chi connectivity index (χ1) is 19.1. The normalized spacial score (nSPS) is 22.2. The molecule has 0 radical (unpaired) electrons. The Hall–Kier alpha value is -2.27. The zero-order valence-corrected chi connectivity index (χ0v) is 24.6. The van der Waals surface area contributed by atoms with Crippen molar-refractivity contribution >= 4 is 35.5 Å². The number of esters is 1.